The van der Waals surface area contributed by atoms with Crippen molar-refractivity contribution >= 4 is 22.3 Å². The Morgan fingerprint density at radius 3 is 2.95 bits per heavy atom. The number of nitrogens with zero attached hydrogens (tertiary/aromatic N) is 1. The number of aliphatic hydroxyl groups excluding tert-OH is 1. The minimum atomic E-state index is -1.25. The number of fused-ring (bicyclic) bond motifs is 1. The molecule has 0 aliphatic rings. The second-order valence-electron chi connectivity index (χ2n) is 4.70. The van der Waals surface area contributed by atoms with Gasteiger partial charge in [0.25, 0.3) is 5.56 Å². The van der Waals surface area contributed by atoms with Crippen LogP contribution in [0.15, 0.2) is 23.3 Å². The summed E-state index contributed by atoms with van der Waals surface area (Å²) < 4.78 is 0. The quantitative estimate of drug-likeness (QED) is 0.481. The number of aromatic amines is 1. The van der Waals surface area contributed by atoms with Gasteiger partial charge in [0.05, 0.1) is 35.2 Å². The van der Waals surface area contributed by atoms with Crippen molar-refractivity contribution in [1.29, 1.82) is 0 Å². The second kappa shape index (κ2) is 4.87. The number of aliphatic hydroxyl groups is 2. The van der Waals surface area contributed by atoms with E-state index in [4.69, 9.17) is 10.8 Å². The van der Waals surface area contributed by atoms with Crippen LogP contribution in [0, 0.1) is 0 Å². The van der Waals surface area contributed by atoms with Gasteiger partial charge in [-0.25, -0.2) is 4.98 Å². The van der Waals surface area contributed by atoms with Crippen molar-refractivity contribution in [2.45, 2.75) is 12.5 Å². The third kappa shape index (κ3) is 2.83. The van der Waals surface area contributed by atoms with Crippen molar-refractivity contribution in [3.05, 3.63) is 28.8 Å². The van der Waals surface area contributed by atoms with Crippen molar-refractivity contribution in [1.82, 2.24) is 9.97 Å². The molecule has 0 bridgehead atoms. The van der Waals surface area contributed by atoms with Gasteiger partial charge in [-0.05, 0) is 19.1 Å². The minimum absolute atomic E-state index is 0.127. The van der Waals surface area contributed by atoms with Crippen molar-refractivity contribution < 1.29 is 10.2 Å². The summed E-state index contributed by atoms with van der Waals surface area (Å²) in [7, 11) is 0. The van der Waals surface area contributed by atoms with Crippen molar-refractivity contribution in [2.75, 3.05) is 24.2 Å². The van der Waals surface area contributed by atoms with Gasteiger partial charge in [-0.1, -0.05) is 0 Å². The van der Waals surface area contributed by atoms with Crippen LogP contribution in [-0.4, -0.2) is 38.9 Å². The molecule has 1 unspecified atom stereocenters. The molecular formula is C12H16N4O3. The highest BCUT2D eigenvalue weighted by Crippen LogP contribution is 2.23. The van der Waals surface area contributed by atoms with E-state index in [1.54, 1.807) is 6.07 Å². The molecule has 0 saturated carbocycles. The van der Waals surface area contributed by atoms with Crippen LogP contribution in [0.2, 0.25) is 0 Å². The number of nitrogens with two attached hydrogens (primary N) is 1. The Morgan fingerprint density at radius 1 is 1.53 bits per heavy atom. The Kier molecular flexibility index (Phi) is 3.41. The lowest BCUT2D eigenvalue weighted by atomic mass is 10.1. The molecule has 7 nitrogen and oxygen atoms in total. The Balaban J connectivity index is 2.35. The third-order valence-corrected chi connectivity index (χ3v) is 2.81. The van der Waals surface area contributed by atoms with E-state index in [-0.39, 0.29) is 18.7 Å². The maximum atomic E-state index is 11.6. The molecule has 0 aliphatic heterocycles. The molecule has 6 N–H and O–H groups in total. The van der Waals surface area contributed by atoms with Crippen LogP contribution in [-0.2, 0) is 0 Å². The lowest BCUT2D eigenvalue weighted by Gasteiger charge is -2.22. The number of nitrogens with one attached hydrogen (secondary N) is 2. The topological polar surface area (TPSA) is 124 Å². The molecule has 0 radical (unpaired) electrons. The molecule has 0 aliphatic carbocycles. The van der Waals surface area contributed by atoms with Gasteiger partial charge in [-0.2, -0.15) is 0 Å². The minimum Gasteiger partial charge on any atom is -0.397 e. The summed E-state index contributed by atoms with van der Waals surface area (Å²) in [4.78, 5) is 18.1. The number of nitrogen functional groups attached to an aromatic ring is 1. The van der Waals surface area contributed by atoms with Gasteiger partial charge in [-0.15, -0.1) is 0 Å². The fourth-order valence-electron chi connectivity index (χ4n) is 1.63. The van der Waals surface area contributed by atoms with Crippen molar-refractivity contribution in [3.8, 4) is 0 Å². The zero-order valence-electron chi connectivity index (χ0n) is 10.5. The summed E-state index contributed by atoms with van der Waals surface area (Å²) in [6.45, 7) is 1.26. The molecular weight excluding hydrogens is 248 g/mol. The number of hydrogen-bond donors (Lipinski definition) is 5. The highest BCUT2D eigenvalue weighted by Gasteiger charge is 2.19. The molecule has 1 aromatic carbocycles. The van der Waals surface area contributed by atoms with E-state index >= 15 is 0 Å². The van der Waals surface area contributed by atoms with Crippen molar-refractivity contribution in [3.63, 3.8) is 0 Å². The molecule has 2 rings (SSSR count). The standard InChI is InChI=1S/C12H16N4O3/c1-12(19,5-17)4-14-10-3-9-7(2-8(10)13)11(18)16-6-15-9/h2-3,6,14,17,19H,4-5,13H2,1H3,(H,15,16,18). The summed E-state index contributed by atoms with van der Waals surface area (Å²) in [6, 6.07) is 3.16. The number of anilines is 2. The molecule has 2 aromatic rings. The van der Waals surface area contributed by atoms with Gasteiger partial charge >= 0.3 is 0 Å². The van der Waals surface area contributed by atoms with Crippen LogP contribution in [0.25, 0.3) is 10.9 Å². The van der Waals surface area contributed by atoms with Crippen LogP contribution in [0.3, 0.4) is 0 Å². The number of rotatable bonds is 4. The van der Waals surface area contributed by atoms with E-state index in [1.165, 1.54) is 19.3 Å². The van der Waals surface area contributed by atoms with Crippen LogP contribution in [0.5, 0.6) is 0 Å². The molecule has 0 amide bonds. The lowest BCUT2D eigenvalue weighted by Crippen LogP contribution is -2.37. The normalized spacial score (nSPS) is 14.3. The predicted octanol–water partition coefficient (Wildman–Crippen LogP) is -0.340. The molecule has 0 fully saturated rings. The van der Waals surface area contributed by atoms with E-state index in [2.05, 4.69) is 15.3 Å². The van der Waals surface area contributed by atoms with E-state index in [0.717, 1.165) is 0 Å². The van der Waals surface area contributed by atoms with Crippen molar-refractivity contribution in [2.24, 2.45) is 0 Å². The van der Waals surface area contributed by atoms with Crippen LogP contribution in [0.1, 0.15) is 6.92 Å². The van der Waals surface area contributed by atoms with Gasteiger partial charge in [0.2, 0.25) is 0 Å². The summed E-state index contributed by atoms with van der Waals surface area (Å²) in [6.07, 6.45) is 1.31. The van der Waals surface area contributed by atoms with E-state index in [1.807, 2.05) is 0 Å². The highest BCUT2D eigenvalue weighted by atomic mass is 16.3. The van der Waals surface area contributed by atoms with Gasteiger partial charge < -0.3 is 26.2 Å². The van der Waals surface area contributed by atoms with Crippen LogP contribution in [0.4, 0.5) is 11.4 Å². The summed E-state index contributed by atoms with van der Waals surface area (Å²) in [5.41, 5.74) is 5.77. The first-order valence-electron chi connectivity index (χ1n) is 5.77. The van der Waals surface area contributed by atoms with Crippen LogP contribution >= 0.6 is 0 Å². The number of benzene rings is 1. The molecule has 1 heterocycles. The Labute approximate surface area is 109 Å². The molecule has 7 heteroatoms. The summed E-state index contributed by atoms with van der Waals surface area (Å²) >= 11 is 0. The second-order valence-corrected chi connectivity index (χ2v) is 4.70. The highest BCUT2D eigenvalue weighted by molar-refractivity contribution is 5.88. The molecule has 19 heavy (non-hydrogen) atoms. The zero-order valence-corrected chi connectivity index (χ0v) is 10.5. The molecule has 0 spiro atoms. The molecule has 0 saturated heterocycles. The van der Waals surface area contributed by atoms with Gasteiger partial charge in [-0.3, -0.25) is 4.79 Å². The third-order valence-electron chi connectivity index (χ3n) is 2.81. The monoisotopic (exact) mass is 264 g/mol. The number of aromatic nitrogens is 2. The lowest BCUT2D eigenvalue weighted by molar-refractivity contribution is 0.0132. The Bertz CT molecular complexity index is 651. The average molecular weight is 264 g/mol. The smallest absolute Gasteiger partial charge is 0.258 e. The molecule has 1 atom stereocenters. The average Bonchev–Trinajstić information content (AvgIpc) is 2.38. The SMILES string of the molecule is CC(O)(CO)CNc1cc2nc[nH]c(=O)c2cc1N. The van der Waals surface area contributed by atoms with Crippen LogP contribution < -0.4 is 16.6 Å². The summed E-state index contributed by atoms with van der Waals surface area (Å²) in [5.74, 6) is 0. The molecule has 1 aromatic heterocycles. The maximum Gasteiger partial charge on any atom is 0.258 e. The van der Waals surface area contributed by atoms with Gasteiger partial charge in [0.15, 0.2) is 0 Å². The Hall–Kier alpha value is -2.12. The fourth-order valence-corrected chi connectivity index (χ4v) is 1.63. The number of H-pyrrole nitrogens is 1. The molecule has 102 valence electrons. The fraction of sp³-hybridized carbons (Fsp3) is 0.333. The first kappa shape index (κ1) is 13.3. The maximum absolute atomic E-state index is 11.6. The largest absolute Gasteiger partial charge is 0.397 e. The van der Waals surface area contributed by atoms with E-state index in [0.29, 0.717) is 22.3 Å². The number of hydrogen-bond acceptors (Lipinski definition) is 6. The zero-order chi connectivity index (χ0) is 14.0. The summed E-state index contributed by atoms with van der Waals surface area (Å²) in [5, 5.41) is 22.0. The Morgan fingerprint density at radius 2 is 2.26 bits per heavy atom. The first-order chi connectivity index (χ1) is 8.93. The van der Waals surface area contributed by atoms with Gasteiger partial charge in [0, 0.05) is 6.54 Å². The van der Waals surface area contributed by atoms with E-state index < -0.39 is 5.60 Å². The predicted molar refractivity (Wildman–Crippen MR) is 73.0 cm³/mol. The first-order valence-corrected chi connectivity index (χ1v) is 5.77. The van der Waals surface area contributed by atoms with Gasteiger partial charge in [0.1, 0.15) is 5.60 Å². The van der Waals surface area contributed by atoms with E-state index in [9.17, 15) is 9.90 Å².